The molecule has 1 fully saturated rings. The number of sulfonamides is 1. The average Bonchev–Trinajstić information content (AvgIpc) is 2.96. The SMILES string of the molecule is CCN(C1CCN(C(=O)/C=C/c2sc3ccccc3c2Cl)CC1)S(C)(=O)=O. The van der Waals surface area contributed by atoms with Gasteiger partial charge in [0.2, 0.25) is 15.9 Å². The summed E-state index contributed by atoms with van der Waals surface area (Å²) in [6.07, 6.45) is 5.89. The standard InChI is InChI=1S/C19H23ClN2O3S2/c1-3-22(27(2,24)25)14-10-12-21(13-11-14)18(23)9-8-17-19(20)15-6-4-5-7-16(15)26-17/h4-9,14H,3,10-13H2,1-2H3/b9-8+. The van der Waals surface area contributed by atoms with Crippen molar-refractivity contribution in [2.75, 3.05) is 25.9 Å². The summed E-state index contributed by atoms with van der Waals surface area (Å²) in [6.45, 7) is 3.41. The van der Waals surface area contributed by atoms with Crippen LogP contribution in [0.3, 0.4) is 0 Å². The number of hydrogen-bond donors (Lipinski definition) is 0. The van der Waals surface area contributed by atoms with Crippen LogP contribution < -0.4 is 0 Å². The zero-order valence-electron chi connectivity index (χ0n) is 15.4. The van der Waals surface area contributed by atoms with Crippen LogP contribution in [0.4, 0.5) is 0 Å². The molecule has 0 unspecified atom stereocenters. The number of benzene rings is 1. The maximum Gasteiger partial charge on any atom is 0.246 e. The summed E-state index contributed by atoms with van der Waals surface area (Å²) in [6, 6.07) is 7.86. The van der Waals surface area contributed by atoms with Gasteiger partial charge in [0.1, 0.15) is 0 Å². The van der Waals surface area contributed by atoms with E-state index in [9.17, 15) is 13.2 Å². The Bertz CT molecular complexity index is 960. The van der Waals surface area contributed by atoms with Crippen molar-refractivity contribution in [2.45, 2.75) is 25.8 Å². The quantitative estimate of drug-likeness (QED) is 0.682. The van der Waals surface area contributed by atoms with E-state index < -0.39 is 10.0 Å². The average molecular weight is 427 g/mol. The van der Waals surface area contributed by atoms with Gasteiger partial charge in [-0.15, -0.1) is 11.3 Å². The summed E-state index contributed by atoms with van der Waals surface area (Å²) >= 11 is 7.97. The normalized spacial score (nSPS) is 16.7. The molecule has 0 aliphatic carbocycles. The van der Waals surface area contributed by atoms with Gasteiger partial charge in [0.15, 0.2) is 0 Å². The second-order valence-electron chi connectivity index (χ2n) is 6.63. The topological polar surface area (TPSA) is 57.7 Å². The second kappa shape index (κ2) is 8.31. The van der Waals surface area contributed by atoms with Crippen molar-refractivity contribution >= 4 is 55.0 Å². The van der Waals surface area contributed by atoms with Crippen LogP contribution >= 0.6 is 22.9 Å². The van der Waals surface area contributed by atoms with Crippen LogP contribution in [0, 0.1) is 0 Å². The molecule has 2 aromatic rings. The van der Waals surface area contributed by atoms with Crippen LogP contribution in [0.15, 0.2) is 30.3 Å². The lowest BCUT2D eigenvalue weighted by Gasteiger charge is -2.36. The van der Waals surface area contributed by atoms with E-state index in [1.165, 1.54) is 10.6 Å². The van der Waals surface area contributed by atoms with Gasteiger partial charge >= 0.3 is 0 Å². The van der Waals surface area contributed by atoms with E-state index in [4.69, 9.17) is 11.6 Å². The van der Waals surface area contributed by atoms with Crippen LogP contribution in [0.2, 0.25) is 5.02 Å². The summed E-state index contributed by atoms with van der Waals surface area (Å²) in [4.78, 5) is 15.1. The number of thiophene rings is 1. The molecule has 1 amide bonds. The number of nitrogens with zero attached hydrogens (tertiary/aromatic N) is 2. The lowest BCUT2D eigenvalue weighted by molar-refractivity contribution is -0.127. The molecule has 5 nitrogen and oxygen atoms in total. The van der Waals surface area contributed by atoms with Crippen molar-refractivity contribution in [1.82, 2.24) is 9.21 Å². The van der Waals surface area contributed by atoms with Crippen LogP contribution in [0.5, 0.6) is 0 Å². The number of rotatable bonds is 5. The molecule has 0 N–H and O–H groups in total. The Morgan fingerprint density at radius 2 is 2.00 bits per heavy atom. The first kappa shape index (κ1) is 20.3. The van der Waals surface area contributed by atoms with Gasteiger partial charge in [0.05, 0.1) is 11.3 Å². The molecule has 27 heavy (non-hydrogen) atoms. The molecule has 3 rings (SSSR count). The van der Waals surface area contributed by atoms with Gasteiger partial charge in [0, 0.05) is 46.7 Å². The summed E-state index contributed by atoms with van der Waals surface area (Å²) in [5, 5.41) is 1.67. The number of carbonyl (C=O) groups is 1. The smallest absolute Gasteiger partial charge is 0.246 e. The van der Waals surface area contributed by atoms with E-state index >= 15 is 0 Å². The van der Waals surface area contributed by atoms with Crippen molar-refractivity contribution < 1.29 is 13.2 Å². The van der Waals surface area contributed by atoms with Crippen molar-refractivity contribution in [3.05, 3.63) is 40.2 Å². The molecular formula is C19H23ClN2O3S2. The van der Waals surface area contributed by atoms with Gasteiger partial charge < -0.3 is 4.90 Å². The predicted octanol–water partition coefficient (Wildman–Crippen LogP) is 3.84. The molecule has 0 atom stereocenters. The molecule has 0 saturated carbocycles. The third kappa shape index (κ3) is 4.54. The first-order valence-electron chi connectivity index (χ1n) is 8.92. The minimum atomic E-state index is -3.21. The first-order valence-corrected chi connectivity index (χ1v) is 12.0. The van der Waals surface area contributed by atoms with Gasteiger partial charge in [0.25, 0.3) is 0 Å². The van der Waals surface area contributed by atoms with E-state index in [-0.39, 0.29) is 11.9 Å². The Morgan fingerprint density at radius 1 is 1.33 bits per heavy atom. The minimum Gasteiger partial charge on any atom is -0.339 e. The molecule has 1 aliphatic heterocycles. The maximum atomic E-state index is 12.5. The van der Waals surface area contributed by atoms with E-state index in [0.717, 1.165) is 15.0 Å². The van der Waals surface area contributed by atoms with Gasteiger partial charge in [-0.05, 0) is 25.0 Å². The van der Waals surface area contributed by atoms with E-state index in [2.05, 4.69) is 0 Å². The summed E-state index contributed by atoms with van der Waals surface area (Å²) < 4.78 is 26.4. The number of carbonyl (C=O) groups excluding carboxylic acids is 1. The van der Waals surface area contributed by atoms with E-state index in [0.29, 0.717) is 37.5 Å². The van der Waals surface area contributed by atoms with Gasteiger partial charge in [-0.1, -0.05) is 36.7 Å². The van der Waals surface area contributed by atoms with Gasteiger partial charge in [-0.3, -0.25) is 4.79 Å². The molecule has 8 heteroatoms. The van der Waals surface area contributed by atoms with Gasteiger partial charge in [-0.2, -0.15) is 4.31 Å². The highest BCUT2D eigenvalue weighted by Crippen LogP contribution is 2.36. The lowest BCUT2D eigenvalue weighted by Crippen LogP contribution is -2.48. The molecule has 0 bridgehead atoms. The van der Waals surface area contributed by atoms with E-state index in [1.54, 1.807) is 28.4 Å². The highest BCUT2D eigenvalue weighted by Gasteiger charge is 2.29. The van der Waals surface area contributed by atoms with Crippen LogP contribution in [0.25, 0.3) is 16.2 Å². The fourth-order valence-corrected chi connectivity index (χ4v) is 6.15. The third-order valence-electron chi connectivity index (χ3n) is 4.86. The molecular weight excluding hydrogens is 404 g/mol. The Labute approximate surface area is 169 Å². The zero-order chi connectivity index (χ0) is 19.6. The predicted molar refractivity (Wildman–Crippen MR) is 113 cm³/mol. The summed E-state index contributed by atoms with van der Waals surface area (Å²) in [5.41, 5.74) is 0. The molecule has 1 aromatic carbocycles. The van der Waals surface area contributed by atoms with E-state index in [1.807, 2.05) is 31.2 Å². The molecule has 1 aliphatic rings. The summed E-state index contributed by atoms with van der Waals surface area (Å²) in [7, 11) is -3.21. The highest BCUT2D eigenvalue weighted by molar-refractivity contribution is 7.88. The lowest BCUT2D eigenvalue weighted by atomic mass is 10.0. The van der Waals surface area contributed by atoms with Crippen molar-refractivity contribution in [3.8, 4) is 0 Å². The number of fused-ring (bicyclic) bond motifs is 1. The molecule has 146 valence electrons. The Kier molecular flexibility index (Phi) is 6.25. The van der Waals surface area contributed by atoms with Crippen LogP contribution in [-0.4, -0.2) is 55.5 Å². The largest absolute Gasteiger partial charge is 0.339 e. The zero-order valence-corrected chi connectivity index (χ0v) is 17.8. The third-order valence-corrected chi connectivity index (χ3v) is 7.92. The Morgan fingerprint density at radius 3 is 2.59 bits per heavy atom. The number of halogens is 1. The van der Waals surface area contributed by atoms with Crippen molar-refractivity contribution in [2.24, 2.45) is 0 Å². The highest BCUT2D eigenvalue weighted by atomic mass is 35.5. The number of likely N-dealkylation sites (tertiary alicyclic amines) is 1. The number of hydrogen-bond acceptors (Lipinski definition) is 4. The molecule has 2 heterocycles. The summed E-state index contributed by atoms with van der Waals surface area (Å²) in [5.74, 6) is -0.0654. The Balaban J connectivity index is 1.64. The molecule has 1 aromatic heterocycles. The number of amides is 1. The van der Waals surface area contributed by atoms with Crippen molar-refractivity contribution in [1.29, 1.82) is 0 Å². The number of piperidine rings is 1. The van der Waals surface area contributed by atoms with Gasteiger partial charge in [-0.25, -0.2) is 8.42 Å². The molecule has 1 saturated heterocycles. The Hall–Kier alpha value is -1.41. The van der Waals surface area contributed by atoms with Crippen molar-refractivity contribution in [3.63, 3.8) is 0 Å². The molecule has 0 radical (unpaired) electrons. The van der Waals surface area contributed by atoms with Crippen LogP contribution in [0.1, 0.15) is 24.6 Å². The first-order chi connectivity index (χ1) is 12.8. The second-order valence-corrected chi connectivity index (χ2v) is 10.0. The maximum absolute atomic E-state index is 12.5. The fraction of sp³-hybridized carbons (Fsp3) is 0.421. The molecule has 0 spiro atoms. The fourth-order valence-electron chi connectivity index (χ4n) is 3.53. The van der Waals surface area contributed by atoms with Crippen LogP contribution in [-0.2, 0) is 14.8 Å². The minimum absolute atomic E-state index is 0.0323. The monoisotopic (exact) mass is 426 g/mol.